The highest BCUT2D eigenvalue weighted by atomic mass is 16.5. The smallest absolute Gasteiger partial charge is 0.321 e. The first kappa shape index (κ1) is 12.0. The Morgan fingerprint density at radius 1 is 0.842 bits per heavy atom. The fourth-order valence-electron chi connectivity index (χ4n) is 2.86. The van der Waals surface area contributed by atoms with E-state index in [0.29, 0.717) is 6.61 Å². The molecular weight excluding hydrogens is 236 g/mol. The highest BCUT2D eigenvalue weighted by molar-refractivity contribution is 5.88. The van der Waals surface area contributed by atoms with Crippen molar-refractivity contribution < 1.29 is 9.53 Å². The lowest BCUT2D eigenvalue weighted by Gasteiger charge is -2.36. The molecule has 2 nitrogen and oxygen atoms in total. The molecule has 0 radical (unpaired) electrons. The first-order valence-corrected chi connectivity index (χ1v) is 6.62. The summed E-state index contributed by atoms with van der Waals surface area (Å²) in [4.78, 5) is 12.5. The fraction of sp³-hybridized carbons (Fsp3) is 0.235. The van der Waals surface area contributed by atoms with Gasteiger partial charge in [-0.05, 0) is 24.0 Å². The van der Waals surface area contributed by atoms with Crippen molar-refractivity contribution in [2.75, 3.05) is 6.61 Å². The van der Waals surface area contributed by atoms with E-state index in [4.69, 9.17) is 4.74 Å². The van der Waals surface area contributed by atoms with Crippen LogP contribution in [0.5, 0.6) is 0 Å². The van der Waals surface area contributed by atoms with Gasteiger partial charge in [-0.25, -0.2) is 0 Å². The summed E-state index contributed by atoms with van der Waals surface area (Å²) in [5.41, 5.74) is 1.40. The van der Waals surface area contributed by atoms with Crippen LogP contribution in [0.2, 0.25) is 0 Å². The molecule has 19 heavy (non-hydrogen) atoms. The second-order valence-corrected chi connectivity index (χ2v) is 4.88. The maximum atomic E-state index is 12.5. The molecule has 1 fully saturated rings. The Balaban J connectivity index is 2.19. The number of carbonyl (C=O) groups excluding carboxylic acids is 1. The molecule has 0 atom stereocenters. The molecule has 1 heterocycles. The zero-order chi connectivity index (χ0) is 13.1. The number of benzene rings is 2. The number of carbonyl (C=O) groups is 1. The van der Waals surface area contributed by atoms with E-state index in [0.717, 1.165) is 24.0 Å². The van der Waals surface area contributed by atoms with E-state index in [1.165, 1.54) is 0 Å². The van der Waals surface area contributed by atoms with Crippen LogP contribution in [0.15, 0.2) is 60.7 Å². The van der Waals surface area contributed by atoms with E-state index in [1.807, 2.05) is 60.7 Å². The summed E-state index contributed by atoms with van der Waals surface area (Å²) in [5.74, 6) is -0.129. The van der Waals surface area contributed by atoms with Crippen molar-refractivity contribution in [1.29, 1.82) is 0 Å². The Bertz CT molecular complexity index is 521. The molecule has 1 saturated heterocycles. The van der Waals surface area contributed by atoms with E-state index >= 15 is 0 Å². The van der Waals surface area contributed by atoms with Crippen molar-refractivity contribution in [2.24, 2.45) is 0 Å². The lowest BCUT2D eigenvalue weighted by Crippen LogP contribution is -2.42. The van der Waals surface area contributed by atoms with Crippen molar-refractivity contribution in [3.05, 3.63) is 71.8 Å². The zero-order valence-electron chi connectivity index (χ0n) is 10.7. The van der Waals surface area contributed by atoms with Gasteiger partial charge in [-0.3, -0.25) is 4.79 Å². The van der Waals surface area contributed by atoms with Gasteiger partial charge in [0, 0.05) is 0 Å². The fourth-order valence-corrected chi connectivity index (χ4v) is 2.86. The van der Waals surface area contributed by atoms with Crippen LogP contribution < -0.4 is 0 Å². The van der Waals surface area contributed by atoms with Gasteiger partial charge < -0.3 is 4.74 Å². The van der Waals surface area contributed by atoms with Crippen LogP contribution in [-0.2, 0) is 14.9 Å². The lowest BCUT2D eigenvalue weighted by atomic mass is 9.70. The molecule has 2 heteroatoms. The molecule has 0 aliphatic carbocycles. The summed E-state index contributed by atoms with van der Waals surface area (Å²) in [7, 11) is 0. The second kappa shape index (κ2) is 4.88. The highest BCUT2D eigenvalue weighted by Gasteiger charge is 2.45. The first-order chi connectivity index (χ1) is 9.34. The van der Waals surface area contributed by atoms with Crippen molar-refractivity contribution in [1.82, 2.24) is 0 Å². The minimum absolute atomic E-state index is 0.129. The van der Waals surface area contributed by atoms with Crippen LogP contribution in [0.4, 0.5) is 0 Å². The molecule has 96 valence electrons. The Kier molecular flexibility index (Phi) is 3.08. The number of hydrogen-bond donors (Lipinski definition) is 0. The topological polar surface area (TPSA) is 26.3 Å². The monoisotopic (exact) mass is 252 g/mol. The van der Waals surface area contributed by atoms with Crippen molar-refractivity contribution in [3.8, 4) is 0 Å². The van der Waals surface area contributed by atoms with Crippen LogP contribution in [0, 0.1) is 0 Å². The van der Waals surface area contributed by atoms with Crippen LogP contribution >= 0.6 is 0 Å². The number of hydrogen-bond acceptors (Lipinski definition) is 2. The third kappa shape index (κ3) is 1.93. The summed E-state index contributed by atoms with van der Waals surface area (Å²) in [6, 6.07) is 19.9. The molecule has 0 unspecified atom stereocenters. The highest BCUT2D eigenvalue weighted by Crippen LogP contribution is 2.40. The maximum absolute atomic E-state index is 12.5. The molecule has 0 saturated carbocycles. The number of rotatable bonds is 2. The molecular formula is C17H16O2. The van der Waals surface area contributed by atoms with Crippen molar-refractivity contribution in [2.45, 2.75) is 18.3 Å². The Morgan fingerprint density at radius 3 is 1.84 bits per heavy atom. The van der Waals surface area contributed by atoms with E-state index in [-0.39, 0.29) is 5.97 Å². The van der Waals surface area contributed by atoms with Crippen LogP contribution in [0.3, 0.4) is 0 Å². The van der Waals surface area contributed by atoms with Crippen LogP contribution in [-0.4, -0.2) is 12.6 Å². The Morgan fingerprint density at radius 2 is 1.37 bits per heavy atom. The van der Waals surface area contributed by atoms with E-state index in [9.17, 15) is 4.79 Å². The summed E-state index contributed by atoms with van der Waals surface area (Å²) in [6.45, 7) is 0.528. The second-order valence-electron chi connectivity index (χ2n) is 4.88. The minimum atomic E-state index is -0.638. The molecule has 0 bridgehead atoms. The zero-order valence-corrected chi connectivity index (χ0v) is 10.7. The molecule has 0 spiro atoms. The van der Waals surface area contributed by atoms with Gasteiger partial charge in [0.05, 0.1) is 6.61 Å². The van der Waals surface area contributed by atoms with Crippen LogP contribution in [0.1, 0.15) is 24.0 Å². The number of esters is 1. The normalized spacial score (nSPS) is 17.8. The van der Waals surface area contributed by atoms with E-state index < -0.39 is 5.41 Å². The van der Waals surface area contributed by atoms with Gasteiger partial charge in [0.25, 0.3) is 0 Å². The van der Waals surface area contributed by atoms with E-state index in [2.05, 4.69) is 0 Å². The minimum Gasteiger partial charge on any atom is -0.465 e. The summed E-state index contributed by atoms with van der Waals surface area (Å²) < 4.78 is 5.36. The Labute approximate surface area is 113 Å². The molecule has 2 aromatic carbocycles. The predicted molar refractivity (Wildman–Crippen MR) is 73.9 cm³/mol. The molecule has 1 aliphatic rings. The third-order valence-electron chi connectivity index (χ3n) is 3.81. The standard InChI is InChI=1S/C17H16O2/c18-16-17(12-7-13-19-16,14-8-3-1-4-9-14)15-10-5-2-6-11-15/h1-6,8-11H,7,12-13H2. The predicted octanol–water partition coefficient (Wildman–Crippen LogP) is 3.31. The molecule has 3 rings (SSSR count). The molecule has 0 aromatic heterocycles. The molecule has 1 aliphatic heterocycles. The third-order valence-corrected chi connectivity index (χ3v) is 3.81. The van der Waals surface area contributed by atoms with Gasteiger partial charge in [0.2, 0.25) is 0 Å². The van der Waals surface area contributed by atoms with Crippen molar-refractivity contribution in [3.63, 3.8) is 0 Å². The Hall–Kier alpha value is -2.09. The van der Waals surface area contributed by atoms with Gasteiger partial charge in [0.15, 0.2) is 0 Å². The van der Waals surface area contributed by atoms with Gasteiger partial charge in [0.1, 0.15) is 5.41 Å². The largest absolute Gasteiger partial charge is 0.465 e. The maximum Gasteiger partial charge on any atom is 0.321 e. The molecule has 0 amide bonds. The van der Waals surface area contributed by atoms with Crippen molar-refractivity contribution >= 4 is 5.97 Å². The first-order valence-electron chi connectivity index (χ1n) is 6.62. The number of ether oxygens (including phenoxy) is 1. The summed E-state index contributed by atoms with van der Waals surface area (Å²) in [5, 5.41) is 0. The average Bonchev–Trinajstić information content (AvgIpc) is 2.50. The number of cyclic esters (lactones) is 1. The van der Waals surface area contributed by atoms with Gasteiger partial charge in [-0.1, -0.05) is 60.7 Å². The van der Waals surface area contributed by atoms with Gasteiger partial charge in [-0.15, -0.1) is 0 Å². The molecule has 0 N–H and O–H groups in total. The summed E-state index contributed by atoms with van der Waals surface area (Å²) >= 11 is 0. The van der Waals surface area contributed by atoms with E-state index in [1.54, 1.807) is 0 Å². The average molecular weight is 252 g/mol. The molecule has 2 aromatic rings. The van der Waals surface area contributed by atoms with Gasteiger partial charge >= 0.3 is 5.97 Å². The lowest BCUT2D eigenvalue weighted by molar-refractivity contribution is -0.153. The quantitative estimate of drug-likeness (QED) is 0.766. The van der Waals surface area contributed by atoms with Gasteiger partial charge in [-0.2, -0.15) is 0 Å². The summed E-state index contributed by atoms with van der Waals surface area (Å²) in [6.07, 6.45) is 1.70. The SMILES string of the molecule is O=C1OCCCC1(c1ccccc1)c1ccccc1. The van der Waals surface area contributed by atoms with Crippen LogP contribution in [0.25, 0.3) is 0 Å².